The van der Waals surface area contributed by atoms with Gasteiger partial charge in [-0.15, -0.1) is 6.58 Å². The third kappa shape index (κ3) is 4.59. The molecular formula is C20H19BrN2O2. The quantitative estimate of drug-likeness (QED) is 0.429. The maximum atomic E-state index is 5.72. The molecular weight excluding hydrogens is 380 g/mol. The number of hydrogen-bond acceptors (Lipinski definition) is 4. The van der Waals surface area contributed by atoms with Crippen LogP contribution in [0.2, 0.25) is 0 Å². The zero-order chi connectivity index (χ0) is 17.5. The molecule has 3 aromatic rings. The van der Waals surface area contributed by atoms with Crippen LogP contribution in [0, 0.1) is 0 Å². The first-order chi connectivity index (χ1) is 12.3. The minimum absolute atomic E-state index is 0.509. The van der Waals surface area contributed by atoms with Gasteiger partial charge in [0, 0.05) is 34.6 Å². The number of ether oxygens (including phenoxy) is 1. The highest BCUT2D eigenvalue weighted by Crippen LogP contribution is 2.31. The molecule has 4 nitrogen and oxygen atoms in total. The lowest BCUT2D eigenvalue weighted by Crippen LogP contribution is -2.12. The van der Waals surface area contributed by atoms with Gasteiger partial charge >= 0.3 is 0 Å². The summed E-state index contributed by atoms with van der Waals surface area (Å²) >= 11 is 3.44. The van der Waals surface area contributed by atoms with Crippen LogP contribution in [0.1, 0.15) is 0 Å². The summed E-state index contributed by atoms with van der Waals surface area (Å²) in [5.74, 6) is 0.759. The van der Waals surface area contributed by atoms with Crippen LogP contribution in [0.25, 0.3) is 22.2 Å². The van der Waals surface area contributed by atoms with E-state index in [0.717, 1.165) is 40.0 Å². The van der Waals surface area contributed by atoms with Crippen molar-refractivity contribution in [1.29, 1.82) is 0 Å². The Bertz CT molecular complexity index is 869. The van der Waals surface area contributed by atoms with Crippen molar-refractivity contribution in [1.82, 2.24) is 10.5 Å². The van der Waals surface area contributed by atoms with Gasteiger partial charge in [-0.05, 0) is 24.3 Å². The molecule has 0 fully saturated rings. The summed E-state index contributed by atoms with van der Waals surface area (Å²) in [7, 11) is 0. The highest BCUT2D eigenvalue weighted by Gasteiger charge is 2.11. The molecule has 0 amide bonds. The van der Waals surface area contributed by atoms with E-state index < -0.39 is 0 Å². The summed E-state index contributed by atoms with van der Waals surface area (Å²) < 4.78 is 12.2. The molecule has 1 N–H and O–H groups in total. The van der Waals surface area contributed by atoms with Crippen molar-refractivity contribution in [3.8, 4) is 17.0 Å². The van der Waals surface area contributed by atoms with Crippen molar-refractivity contribution in [3.63, 3.8) is 0 Å². The first kappa shape index (κ1) is 17.5. The molecule has 0 aliphatic heterocycles. The van der Waals surface area contributed by atoms with Gasteiger partial charge in [-0.2, -0.15) is 0 Å². The van der Waals surface area contributed by atoms with Gasteiger partial charge in [-0.3, -0.25) is 0 Å². The van der Waals surface area contributed by atoms with Gasteiger partial charge < -0.3 is 14.6 Å². The van der Waals surface area contributed by atoms with Crippen LogP contribution in [0.3, 0.4) is 0 Å². The van der Waals surface area contributed by atoms with Gasteiger partial charge in [-0.25, -0.2) is 0 Å². The van der Waals surface area contributed by atoms with Crippen molar-refractivity contribution >= 4 is 26.9 Å². The lowest BCUT2D eigenvalue weighted by atomic mass is 10.1. The maximum absolute atomic E-state index is 5.72. The zero-order valence-electron chi connectivity index (χ0n) is 13.7. The minimum atomic E-state index is 0.509. The molecule has 0 aliphatic carbocycles. The van der Waals surface area contributed by atoms with Gasteiger partial charge in [0.2, 0.25) is 0 Å². The molecule has 0 saturated heterocycles. The lowest BCUT2D eigenvalue weighted by Gasteiger charge is -2.03. The number of benzene rings is 2. The first-order valence-corrected chi connectivity index (χ1v) is 8.82. The second kappa shape index (κ2) is 8.65. The summed E-state index contributed by atoms with van der Waals surface area (Å²) in [5.41, 5.74) is 2.57. The monoisotopic (exact) mass is 398 g/mol. The van der Waals surface area contributed by atoms with Gasteiger partial charge in [0.1, 0.15) is 18.1 Å². The maximum Gasteiger partial charge on any atom is 0.171 e. The van der Waals surface area contributed by atoms with Crippen LogP contribution in [0.4, 0.5) is 0 Å². The first-order valence-electron chi connectivity index (χ1n) is 8.02. The van der Waals surface area contributed by atoms with Crippen molar-refractivity contribution in [2.24, 2.45) is 0 Å². The number of fused-ring (bicyclic) bond motifs is 1. The van der Waals surface area contributed by atoms with Crippen molar-refractivity contribution in [3.05, 3.63) is 71.7 Å². The van der Waals surface area contributed by atoms with E-state index >= 15 is 0 Å². The molecule has 2 aromatic carbocycles. The average Bonchev–Trinajstić information content (AvgIpc) is 3.05. The van der Waals surface area contributed by atoms with Crippen LogP contribution >= 0.6 is 15.9 Å². The topological polar surface area (TPSA) is 47.3 Å². The van der Waals surface area contributed by atoms with Gasteiger partial charge in [0.05, 0.1) is 0 Å². The number of halogens is 1. The highest BCUT2D eigenvalue weighted by atomic mass is 79.9. The number of hydrogen-bond donors (Lipinski definition) is 1. The molecule has 0 bridgehead atoms. The third-order valence-corrected chi connectivity index (χ3v) is 4.15. The molecule has 0 spiro atoms. The number of nitrogens with zero attached hydrogens (tertiary/aromatic N) is 1. The summed E-state index contributed by atoms with van der Waals surface area (Å²) in [6.07, 6.45) is 5.84. The molecule has 3 rings (SSSR count). The van der Waals surface area contributed by atoms with Crippen LogP contribution in [0.15, 0.2) is 76.3 Å². The fourth-order valence-electron chi connectivity index (χ4n) is 2.39. The summed E-state index contributed by atoms with van der Waals surface area (Å²) in [5, 5.41) is 8.36. The smallest absolute Gasteiger partial charge is 0.171 e. The van der Waals surface area contributed by atoms with Crippen LogP contribution in [0.5, 0.6) is 5.75 Å². The minimum Gasteiger partial charge on any atom is -0.489 e. The van der Waals surface area contributed by atoms with Gasteiger partial charge in [0.15, 0.2) is 5.58 Å². The molecule has 128 valence electrons. The Kier molecular flexibility index (Phi) is 6.04. The molecule has 5 heteroatoms. The zero-order valence-corrected chi connectivity index (χ0v) is 15.3. The standard InChI is InChI=1S/C20H19BrN2O2/c1-2-11-22-12-3-4-13-24-17-9-10-18-19(14-17)25-23-20(18)15-5-7-16(21)8-6-15/h2-10,14,22H,1,11-13H2. The lowest BCUT2D eigenvalue weighted by molar-refractivity contribution is 0.361. The number of aromatic nitrogens is 1. The molecule has 0 aliphatic rings. The number of rotatable bonds is 8. The van der Waals surface area contributed by atoms with Crippen LogP contribution in [-0.4, -0.2) is 24.9 Å². The van der Waals surface area contributed by atoms with E-state index in [1.54, 1.807) is 0 Å². The molecule has 0 radical (unpaired) electrons. The van der Waals surface area contributed by atoms with Crippen LogP contribution < -0.4 is 10.1 Å². The Morgan fingerprint density at radius 1 is 1.12 bits per heavy atom. The SMILES string of the molecule is C=CCNCC=CCOc1ccc2c(-c3ccc(Br)cc3)noc2c1. The second-order valence-corrected chi connectivity index (χ2v) is 6.34. The highest BCUT2D eigenvalue weighted by molar-refractivity contribution is 9.10. The number of nitrogens with one attached hydrogen (secondary N) is 1. The normalized spacial score (nSPS) is 11.2. The molecule has 0 unspecified atom stereocenters. The van der Waals surface area contributed by atoms with E-state index in [4.69, 9.17) is 9.26 Å². The van der Waals surface area contributed by atoms with Gasteiger partial charge in [0.25, 0.3) is 0 Å². The van der Waals surface area contributed by atoms with E-state index in [1.807, 2.05) is 60.7 Å². The Labute approximate surface area is 155 Å². The van der Waals surface area contributed by atoms with E-state index in [2.05, 4.69) is 33.0 Å². The Balaban J connectivity index is 1.65. The van der Waals surface area contributed by atoms with Crippen LogP contribution in [-0.2, 0) is 0 Å². The molecule has 0 saturated carbocycles. The van der Waals surface area contributed by atoms with Crippen molar-refractivity contribution < 1.29 is 9.26 Å². The molecule has 0 atom stereocenters. The van der Waals surface area contributed by atoms with Crippen molar-refractivity contribution in [2.45, 2.75) is 0 Å². The molecule has 1 heterocycles. The van der Waals surface area contributed by atoms with E-state index in [0.29, 0.717) is 12.2 Å². The predicted octanol–water partition coefficient (Wildman–Crippen LogP) is 4.97. The summed E-state index contributed by atoms with van der Waals surface area (Å²) in [6.45, 7) is 5.76. The predicted molar refractivity (Wildman–Crippen MR) is 105 cm³/mol. The summed E-state index contributed by atoms with van der Waals surface area (Å²) in [4.78, 5) is 0. The second-order valence-electron chi connectivity index (χ2n) is 5.43. The average molecular weight is 399 g/mol. The molecule has 25 heavy (non-hydrogen) atoms. The van der Waals surface area contributed by atoms with E-state index in [1.165, 1.54) is 0 Å². The van der Waals surface area contributed by atoms with Crippen molar-refractivity contribution in [2.75, 3.05) is 19.7 Å². The Morgan fingerprint density at radius 3 is 2.76 bits per heavy atom. The largest absolute Gasteiger partial charge is 0.489 e. The molecule has 1 aromatic heterocycles. The fraction of sp³-hybridized carbons (Fsp3) is 0.150. The Hall–Kier alpha value is -2.37. The fourth-order valence-corrected chi connectivity index (χ4v) is 2.65. The van der Waals surface area contributed by atoms with E-state index in [9.17, 15) is 0 Å². The van der Waals surface area contributed by atoms with Gasteiger partial charge in [-0.1, -0.05) is 51.4 Å². The summed E-state index contributed by atoms with van der Waals surface area (Å²) in [6, 6.07) is 13.8. The Morgan fingerprint density at radius 2 is 1.96 bits per heavy atom. The third-order valence-electron chi connectivity index (χ3n) is 3.62. The van der Waals surface area contributed by atoms with E-state index in [-0.39, 0.29) is 0 Å².